The van der Waals surface area contributed by atoms with Crippen molar-refractivity contribution in [3.63, 3.8) is 0 Å². The summed E-state index contributed by atoms with van der Waals surface area (Å²) in [7, 11) is 0. The van der Waals surface area contributed by atoms with Crippen LogP contribution in [0.25, 0.3) is 17.0 Å². The first-order valence-electron chi connectivity index (χ1n) is 5.21. The Kier molecular flexibility index (Phi) is 2.52. The van der Waals surface area contributed by atoms with Gasteiger partial charge in [0.1, 0.15) is 5.82 Å². The van der Waals surface area contributed by atoms with E-state index >= 15 is 0 Å². The molecule has 0 aliphatic carbocycles. The molecule has 2 heterocycles. The normalized spacial score (nSPS) is 11.0. The maximum absolute atomic E-state index is 13.8. The predicted octanol–water partition coefficient (Wildman–Crippen LogP) is 2.88. The minimum absolute atomic E-state index is 0.342. The molecule has 0 fully saturated rings. The van der Waals surface area contributed by atoms with Crippen LogP contribution < -0.4 is 5.73 Å². The number of halogens is 2. The van der Waals surface area contributed by atoms with Gasteiger partial charge in [-0.1, -0.05) is 12.1 Å². The molecule has 90 valence electrons. The van der Waals surface area contributed by atoms with Gasteiger partial charge in [-0.25, -0.2) is 4.39 Å². The van der Waals surface area contributed by atoms with Crippen molar-refractivity contribution in [1.29, 1.82) is 0 Å². The van der Waals surface area contributed by atoms with Crippen molar-refractivity contribution in [1.82, 2.24) is 14.6 Å². The lowest BCUT2D eigenvalue weighted by Crippen LogP contribution is -1.95. The Bertz CT molecular complexity index is 738. The Morgan fingerprint density at radius 1 is 1.22 bits per heavy atom. The van der Waals surface area contributed by atoms with Gasteiger partial charge in [0.2, 0.25) is 0 Å². The van der Waals surface area contributed by atoms with Crippen molar-refractivity contribution >= 4 is 27.3 Å². The number of rotatable bonds is 1. The smallest absolute Gasteiger partial charge is 0.184 e. The molecular formula is C12H8BrFN4. The van der Waals surface area contributed by atoms with E-state index in [2.05, 4.69) is 26.1 Å². The number of pyridine rings is 1. The molecule has 0 unspecified atom stereocenters. The minimum Gasteiger partial charge on any atom is -0.396 e. The Balaban J connectivity index is 2.34. The Hall–Kier alpha value is -1.95. The van der Waals surface area contributed by atoms with Crippen LogP contribution in [-0.4, -0.2) is 14.6 Å². The fourth-order valence-electron chi connectivity index (χ4n) is 1.81. The molecule has 0 radical (unpaired) electrons. The SMILES string of the molecule is Nc1cc(Br)cn2c(-c3ccccc3F)nnc12. The maximum atomic E-state index is 13.8. The third kappa shape index (κ3) is 1.65. The van der Waals surface area contributed by atoms with E-state index in [1.165, 1.54) is 6.07 Å². The van der Waals surface area contributed by atoms with Crippen molar-refractivity contribution in [2.45, 2.75) is 0 Å². The summed E-state index contributed by atoms with van der Waals surface area (Å²) in [6, 6.07) is 8.16. The second-order valence-corrected chi connectivity index (χ2v) is 4.73. The number of hydrogen-bond acceptors (Lipinski definition) is 3. The van der Waals surface area contributed by atoms with Gasteiger partial charge in [0, 0.05) is 10.7 Å². The van der Waals surface area contributed by atoms with Gasteiger partial charge < -0.3 is 5.73 Å². The molecule has 0 atom stereocenters. The Morgan fingerprint density at radius 2 is 2.00 bits per heavy atom. The van der Waals surface area contributed by atoms with Crippen LogP contribution in [0.3, 0.4) is 0 Å². The first-order chi connectivity index (χ1) is 8.66. The summed E-state index contributed by atoms with van der Waals surface area (Å²) in [6.45, 7) is 0. The Labute approximate surface area is 110 Å². The monoisotopic (exact) mass is 306 g/mol. The van der Waals surface area contributed by atoms with Gasteiger partial charge >= 0.3 is 0 Å². The van der Waals surface area contributed by atoms with Crippen LogP contribution >= 0.6 is 15.9 Å². The van der Waals surface area contributed by atoms with E-state index in [0.717, 1.165) is 4.47 Å². The molecule has 0 aliphatic heterocycles. The zero-order valence-corrected chi connectivity index (χ0v) is 10.7. The summed E-state index contributed by atoms with van der Waals surface area (Å²) < 4.78 is 16.2. The molecular weight excluding hydrogens is 299 g/mol. The number of nitrogen functional groups attached to an aromatic ring is 1. The van der Waals surface area contributed by atoms with E-state index in [1.54, 1.807) is 34.9 Å². The van der Waals surface area contributed by atoms with Crippen LogP contribution in [0.5, 0.6) is 0 Å². The number of nitrogens with zero attached hydrogens (tertiary/aromatic N) is 3. The minimum atomic E-state index is -0.342. The molecule has 0 saturated heterocycles. The molecule has 0 bridgehead atoms. The van der Waals surface area contributed by atoms with Gasteiger partial charge in [-0.05, 0) is 34.1 Å². The topological polar surface area (TPSA) is 56.2 Å². The van der Waals surface area contributed by atoms with E-state index in [0.29, 0.717) is 22.7 Å². The van der Waals surface area contributed by atoms with Gasteiger partial charge in [-0.2, -0.15) is 0 Å². The van der Waals surface area contributed by atoms with Gasteiger partial charge in [0.15, 0.2) is 11.5 Å². The highest BCUT2D eigenvalue weighted by atomic mass is 79.9. The molecule has 3 rings (SSSR count). The van der Waals surface area contributed by atoms with Crippen LogP contribution in [0.2, 0.25) is 0 Å². The van der Waals surface area contributed by atoms with Crippen molar-refractivity contribution in [3.8, 4) is 11.4 Å². The summed E-state index contributed by atoms with van der Waals surface area (Å²) in [5.41, 5.74) is 7.23. The second kappa shape index (κ2) is 4.06. The molecule has 6 heteroatoms. The quantitative estimate of drug-likeness (QED) is 0.752. The van der Waals surface area contributed by atoms with Gasteiger partial charge in [-0.15, -0.1) is 10.2 Å². The highest BCUT2D eigenvalue weighted by molar-refractivity contribution is 9.10. The summed E-state index contributed by atoms with van der Waals surface area (Å²) in [6.07, 6.45) is 1.76. The summed E-state index contributed by atoms with van der Waals surface area (Å²) in [4.78, 5) is 0. The van der Waals surface area contributed by atoms with Gasteiger partial charge in [0.05, 0.1) is 11.3 Å². The highest BCUT2D eigenvalue weighted by Gasteiger charge is 2.13. The molecule has 0 saturated carbocycles. The number of nitrogens with two attached hydrogens (primary N) is 1. The van der Waals surface area contributed by atoms with Crippen molar-refractivity contribution in [2.24, 2.45) is 0 Å². The van der Waals surface area contributed by atoms with Crippen LogP contribution in [-0.2, 0) is 0 Å². The highest BCUT2D eigenvalue weighted by Crippen LogP contribution is 2.25. The summed E-state index contributed by atoms with van der Waals surface area (Å²) >= 11 is 3.34. The van der Waals surface area contributed by atoms with Crippen LogP contribution in [0, 0.1) is 5.82 Å². The lowest BCUT2D eigenvalue weighted by atomic mass is 10.2. The lowest BCUT2D eigenvalue weighted by Gasteiger charge is -2.03. The van der Waals surface area contributed by atoms with E-state index < -0.39 is 0 Å². The largest absolute Gasteiger partial charge is 0.396 e. The first kappa shape index (κ1) is 11.2. The fraction of sp³-hybridized carbons (Fsp3) is 0. The molecule has 2 N–H and O–H groups in total. The molecule has 2 aromatic heterocycles. The number of aromatic nitrogens is 3. The average molecular weight is 307 g/mol. The molecule has 4 nitrogen and oxygen atoms in total. The lowest BCUT2D eigenvalue weighted by molar-refractivity contribution is 0.629. The van der Waals surface area contributed by atoms with Crippen molar-refractivity contribution in [3.05, 3.63) is 46.8 Å². The first-order valence-corrected chi connectivity index (χ1v) is 6.01. The second-order valence-electron chi connectivity index (χ2n) is 3.81. The number of fused-ring (bicyclic) bond motifs is 1. The maximum Gasteiger partial charge on any atom is 0.184 e. The fourth-order valence-corrected chi connectivity index (χ4v) is 2.26. The van der Waals surface area contributed by atoms with E-state index in [1.807, 2.05) is 0 Å². The van der Waals surface area contributed by atoms with Crippen molar-refractivity contribution in [2.75, 3.05) is 5.73 Å². The van der Waals surface area contributed by atoms with E-state index in [9.17, 15) is 4.39 Å². The summed E-state index contributed by atoms with van der Waals surface area (Å²) in [5.74, 6) is 0.0847. The summed E-state index contributed by atoms with van der Waals surface area (Å²) in [5, 5.41) is 7.98. The van der Waals surface area contributed by atoms with Crippen molar-refractivity contribution < 1.29 is 4.39 Å². The molecule has 0 spiro atoms. The standard InChI is InChI=1S/C12H8BrFN4/c13-7-5-10(15)12-17-16-11(18(12)6-7)8-3-1-2-4-9(8)14/h1-6H,15H2. The molecule has 18 heavy (non-hydrogen) atoms. The van der Waals surface area contributed by atoms with Crippen LogP contribution in [0.4, 0.5) is 10.1 Å². The van der Waals surface area contributed by atoms with Gasteiger partial charge in [0.25, 0.3) is 0 Å². The number of benzene rings is 1. The zero-order valence-electron chi connectivity index (χ0n) is 9.14. The Morgan fingerprint density at radius 3 is 2.78 bits per heavy atom. The third-order valence-electron chi connectivity index (χ3n) is 2.61. The predicted molar refractivity (Wildman–Crippen MR) is 70.5 cm³/mol. The molecule has 0 amide bonds. The van der Waals surface area contributed by atoms with E-state index in [4.69, 9.17) is 5.73 Å². The van der Waals surface area contributed by atoms with E-state index in [-0.39, 0.29) is 5.82 Å². The van der Waals surface area contributed by atoms with Gasteiger partial charge in [-0.3, -0.25) is 4.40 Å². The molecule has 3 aromatic rings. The average Bonchev–Trinajstić information content (AvgIpc) is 2.73. The molecule has 0 aliphatic rings. The molecule has 1 aromatic carbocycles. The van der Waals surface area contributed by atoms with Crippen LogP contribution in [0.15, 0.2) is 41.0 Å². The zero-order chi connectivity index (χ0) is 12.7. The number of hydrogen-bond donors (Lipinski definition) is 1. The number of anilines is 1. The third-order valence-corrected chi connectivity index (χ3v) is 3.05. The van der Waals surface area contributed by atoms with Crippen LogP contribution in [0.1, 0.15) is 0 Å².